The molecule has 52 heavy (non-hydrogen) atoms. The van der Waals surface area contributed by atoms with Gasteiger partial charge in [-0.1, -0.05) is 38.3 Å². The number of hydrogen-bond donors (Lipinski definition) is 0. The summed E-state index contributed by atoms with van der Waals surface area (Å²) in [5, 5.41) is 0. The standard InChI is InChI=1S/C30H12B2F20/c1-2-3-4-5-6(31(7-11(33)19(41)27(49)20(42)12(7)34)8-13(35)21(43)28(50)22(44)14(8)36)32(9-15(37)23(45)29(51)24(46)16(9)38)10-17(39)25(47)30(52)26(48)18(10)40/h6H,2-5H2,1H3. The van der Waals surface area contributed by atoms with Crippen LogP contribution in [0.15, 0.2) is 0 Å². The highest BCUT2D eigenvalue weighted by Gasteiger charge is 2.51. The Labute approximate surface area is 278 Å². The maximum atomic E-state index is 15.5. The molecule has 0 aliphatic rings. The van der Waals surface area contributed by atoms with E-state index in [1.807, 2.05) is 0 Å². The van der Waals surface area contributed by atoms with Crippen molar-refractivity contribution in [3.05, 3.63) is 116 Å². The van der Waals surface area contributed by atoms with Crippen molar-refractivity contribution in [2.45, 2.75) is 38.3 Å². The molecular formula is C30H12B2F20. The van der Waals surface area contributed by atoms with Gasteiger partial charge < -0.3 is 0 Å². The molecule has 0 spiro atoms. The van der Waals surface area contributed by atoms with Crippen LogP contribution in [0.5, 0.6) is 0 Å². The van der Waals surface area contributed by atoms with Gasteiger partial charge in [-0.25, -0.2) is 87.8 Å². The van der Waals surface area contributed by atoms with Crippen molar-refractivity contribution >= 4 is 35.3 Å². The minimum atomic E-state index is -3.89. The lowest BCUT2D eigenvalue weighted by Crippen LogP contribution is -2.63. The average molecular weight is 774 g/mol. The van der Waals surface area contributed by atoms with E-state index in [9.17, 15) is 52.7 Å². The third kappa shape index (κ3) is 6.24. The molecule has 22 heteroatoms. The second kappa shape index (κ2) is 14.9. The van der Waals surface area contributed by atoms with E-state index >= 15 is 35.1 Å². The van der Waals surface area contributed by atoms with Crippen LogP contribution in [0.1, 0.15) is 32.6 Å². The molecular weight excluding hydrogens is 762 g/mol. The maximum Gasteiger partial charge on any atom is 0.222 e. The Kier molecular flexibility index (Phi) is 11.6. The number of unbranched alkanes of at least 4 members (excludes halogenated alkanes) is 2. The van der Waals surface area contributed by atoms with Crippen molar-refractivity contribution < 1.29 is 87.8 Å². The molecule has 0 aliphatic carbocycles. The predicted octanol–water partition coefficient (Wildman–Crippen LogP) is 7.88. The second-order valence-corrected chi connectivity index (χ2v) is 11.0. The Morgan fingerprint density at radius 3 is 0.635 bits per heavy atom. The second-order valence-electron chi connectivity index (χ2n) is 11.0. The zero-order valence-corrected chi connectivity index (χ0v) is 25.1. The highest BCUT2D eigenvalue weighted by Crippen LogP contribution is 2.33. The van der Waals surface area contributed by atoms with E-state index in [4.69, 9.17) is 0 Å². The Morgan fingerprint density at radius 2 is 0.462 bits per heavy atom. The van der Waals surface area contributed by atoms with Crippen molar-refractivity contribution in [1.82, 2.24) is 0 Å². The van der Waals surface area contributed by atoms with E-state index in [0.717, 1.165) is 0 Å². The van der Waals surface area contributed by atoms with Gasteiger partial charge in [0.1, 0.15) is 0 Å². The van der Waals surface area contributed by atoms with Crippen LogP contribution in [0.25, 0.3) is 0 Å². The molecule has 0 nitrogen and oxygen atoms in total. The summed E-state index contributed by atoms with van der Waals surface area (Å²) >= 11 is 0. The lowest BCUT2D eigenvalue weighted by Gasteiger charge is -2.33. The van der Waals surface area contributed by atoms with E-state index in [1.54, 1.807) is 0 Å². The lowest BCUT2D eigenvalue weighted by molar-refractivity contribution is 0.381. The van der Waals surface area contributed by atoms with Gasteiger partial charge in [0.2, 0.25) is 13.4 Å². The zero-order chi connectivity index (χ0) is 39.4. The van der Waals surface area contributed by atoms with Crippen LogP contribution in [0.4, 0.5) is 87.8 Å². The van der Waals surface area contributed by atoms with Crippen LogP contribution in [0.2, 0.25) is 5.72 Å². The Balaban J connectivity index is 2.42. The van der Waals surface area contributed by atoms with Gasteiger partial charge in [-0.2, -0.15) is 0 Å². The number of rotatable bonds is 10. The summed E-state index contributed by atoms with van der Waals surface area (Å²) in [6, 6.07) is 0. The van der Waals surface area contributed by atoms with E-state index in [1.165, 1.54) is 6.92 Å². The van der Waals surface area contributed by atoms with Gasteiger partial charge in [0, 0.05) is 21.9 Å². The Hall–Kier alpha value is -4.39. The monoisotopic (exact) mass is 774 g/mol. The first-order valence-corrected chi connectivity index (χ1v) is 14.2. The first-order valence-electron chi connectivity index (χ1n) is 14.2. The third-order valence-corrected chi connectivity index (χ3v) is 8.22. The van der Waals surface area contributed by atoms with Crippen LogP contribution in [-0.2, 0) is 0 Å². The summed E-state index contributed by atoms with van der Waals surface area (Å²) < 4.78 is 297. The number of halogens is 20. The molecule has 0 fully saturated rings. The molecule has 0 bridgehead atoms. The van der Waals surface area contributed by atoms with Crippen molar-refractivity contribution in [3.8, 4) is 0 Å². The predicted molar refractivity (Wildman–Crippen MR) is 143 cm³/mol. The Bertz CT molecular complexity index is 1700. The number of benzene rings is 4. The van der Waals surface area contributed by atoms with Crippen LogP contribution in [0.3, 0.4) is 0 Å². The molecule has 4 aromatic rings. The minimum Gasteiger partial charge on any atom is -0.204 e. The normalized spacial score (nSPS) is 11.7. The van der Waals surface area contributed by atoms with Crippen molar-refractivity contribution in [3.63, 3.8) is 0 Å². The summed E-state index contributed by atoms with van der Waals surface area (Å²) in [5.74, 6) is -62.2. The first kappa shape index (κ1) is 40.4. The largest absolute Gasteiger partial charge is 0.222 e. The van der Waals surface area contributed by atoms with Crippen molar-refractivity contribution in [1.29, 1.82) is 0 Å². The van der Waals surface area contributed by atoms with Crippen LogP contribution in [-0.4, -0.2) is 13.4 Å². The molecule has 4 rings (SSSR count). The van der Waals surface area contributed by atoms with E-state index in [0.29, 0.717) is 0 Å². The van der Waals surface area contributed by atoms with Gasteiger partial charge in [0.15, 0.2) is 116 Å². The van der Waals surface area contributed by atoms with Gasteiger partial charge in [-0.15, -0.1) is 0 Å². The maximum absolute atomic E-state index is 15.5. The molecule has 0 N–H and O–H groups in total. The topological polar surface area (TPSA) is 0 Å². The molecule has 0 saturated carbocycles. The molecule has 0 atom stereocenters. The fraction of sp³-hybridized carbons (Fsp3) is 0.200. The fourth-order valence-corrected chi connectivity index (χ4v) is 5.88. The average Bonchev–Trinajstić information content (AvgIpc) is 3.12. The first-order chi connectivity index (χ1) is 24.2. The quantitative estimate of drug-likeness (QED) is 0.0507. The van der Waals surface area contributed by atoms with Crippen LogP contribution < -0.4 is 21.9 Å². The zero-order valence-electron chi connectivity index (χ0n) is 25.1. The lowest BCUT2D eigenvalue weighted by atomic mass is 9.14. The molecule has 0 amide bonds. The summed E-state index contributed by atoms with van der Waals surface area (Å²) in [4.78, 5) is 0. The molecule has 0 unspecified atom stereocenters. The van der Waals surface area contributed by atoms with Gasteiger partial charge in [-0.3, -0.25) is 0 Å². The summed E-state index contributed by atoms with van der Waals surface area (Å²) in [6.07, 6.45) is -2.65. The van der Waals surface area contributed by atoms with E-state index in [2.05, 4.69) is 0 Å². The smallest absolute Gasteiger partial charge is 0.204 e. The molecule has 0 heterocycles. The van der Waals surface area contributed by atoms with Crippen molar-refractivity contribution in [2.24, 2.45) is 0 Å². The molecule has 0 aliphatic heterocycles. The minimum absolute atomic E-state index is 0.0435. The third-order valence-electron chi connectivity index (χ3n) is 8.22. The summed E-state index contributed by atoms with van der Waals surface area (Å²) in [7, 11) is 0. The van der Waals surface area contributed by atoms with Gasteiger partial charge in [-0.05, 0) is 0 Å². The van der Waals surface area contributed by atoms with Gasteiger partial charge in [0.05, 0.1) is 0 Å². The highest BCUT2D eigenvalue weighted by molar-refractivity contribution is 7.02. The Morgan fingerprint density at radius 1 is 0.288 bits per heavy atom. The highest BCUT2D eigenvalue weighted by atomic mass is 19.2. The molecule has 0 saturated heterocycles. The summed E-state index contributed by atoms with van der Waals surface area (Å²) in [5.41, 5.74) is -14.1. The number of hydrogen-bond acceptors (Lipinski definition) is 0. The molecule has 0 radical (unpaired) electrons. The van der Waals surface area contributed by atoms with Crippen molar-refractivity contribution in [2.75, 3.05) is 0 Å². The molecule has 0 aromatic heterocycles. The van der Waals surface area contributed by atoms with E-state index in [-0.39, 0.29) is 12.8 Å². The fourth-order valence-electron chi connectivity index (χ4n) is 5.88. The van der Waals surface area contributed by atoms with Gasteiger partial charge in [0.25, 0.3) is 0 Å². The molecule has 4 aromatic carbocycles. The molecule has 278 valence electrons. The van der Waals surface area contributed by atoms with E-state index < -0.39 is 170 Å². The SMILES string of the molecule is CCCCCC(B(c1c(F)c(F)c(F)c(F)c1F)c1c(F)c(F)c(F)c(F)c1F)B(c1c(F)c(F)c(F)c(F)c1F)c1c(F)c(F)c(F)c(F)c1F. The van der Waals surface area contributed by atoms with Crippen LogP contribution in [0, 0.1) is 116 Å². The van der Waals surface area contributed by atoms with Gasteiger partial charge >= 0.3 is 0 Å². The van der Waals surface area contributed by atoms with Crippen LogP contribution >= 0.6 is 0 Å². The summed E-state index contributed by atoms with van der Waals surface area (Å²) in [6.45, 7) is -6.45.